The van der Waals surface area contributed by atoms with Crippen molar-refractivity contribution in [2.45, 2.75) is 19.4 Å². The highest BCUT2D eigenvalue weighted by Gasteiger charge is 2.14. The van der Waals surface area contributed by atoms with Crippen molar-refractivity contribution < 1.29 is 19.0 Å². The summed E-state index contributed by atoms with van der Waals surface area (Å²) in [5, 5.41) is 2.83. The fraction of sp³-hybridized carbons (Fsp3) is 0.500. The number of carbonyl (C=O) groups excluding carboxylic acids is 1. The van der Waals surface area contributed by atoms with Crippen LogP contribution in [0.3, 0.4) is 0 Å². The Morgan fingerprint density at radius 2 is 1.85 bits per heavy atom. The number of aryl methyl sites for hydroxylation is 1. The fourth-order valence-electron chi connectivity index (χ4n) is 1.79. The standard InChI is InChI=1S/C14H22N2O4/c1-9-5-12(19-3)13(20-4)7-11(9)16-14(17)6-10(8-15)18-2/h5,7,10H,6,8,15H2,1-4H3,(H,16,17). The number of amides is 1. The molecule has 20 heavy (non-hydrogen) atoms. The van der Waals surface area contributed by atoms with Gasteiger partial charge in [-0.2, -0.15) is 0 Å². The quantitative estimate of drug-likeness (QED) is 0.788. The molecule has 1 amide bonds. The molecule has 1 unspecified atom stereocenters. The Kier molecular flexibility index (Phi) is 6.27. The van der Waals surface area contributed by atoms with Gasteiger partial charge in [-0.3, -0.25) is 4.79 Å². The van der Waals surface area contributed by atoms with E-state index in [1.165, 1.54) is 7.11 Å². The zero-order valence-corrected chi connectivity index (χ0v) is 12.4. The molecule has 0 aliphatic carbocycles. The number of carbonyl (C=O) groups is 1. The Labute approximate surface area is 119 Å². The maximum Gasteiger partial charge on any atom is 0.227 e. The number of hydrogen-bond acceptors (Lipinski definition) is 5. The van der Waals surface area contributed by atoms with Crippen molar-refractivity contribution in [1.82, 2.24) is 0 Å². The maximum atomic E-state index is 11.9. The highest BCUT2D eigenvalue weighted by atomic mass is 16.5. The minimum Gasteiger partial charge on any atom is -0.493 e. The Bertz CT molecular complexity index is 459. The monoisotopic (exact) mass is 282 g/mol. The molecule has 1 rings (SSSR count). The maximum absolute atomic E-state index is 11.9. The normalized spacial score (nSPS) is 11.8. The van der Waals surface area contributed by atoms with Gasteiger partial charge in [-0.05, 0) is 18.6 Å². The summed E-state index contributed by atoms with van der Waals surface area (Å²) in [7, 11) is 4.65. The van der Waals surface area contributed by atoms with Gasteiger partial charge in [-0.1, -0.05) is 0 Å². The minimum atomic E-state index is -0.282. The summed E-state index contributed by atoms with van der Waals surface area (Å²) in [4.78, 5) is 11.9. The van der Waals surface area contributed by atoms with E-state index in [2.05, 4.69) is 5.32 Å². The molecule has 0 saturated carbocycles. The first-order chi connectivity index (χ1) is 9.55. The molecule has 6 heteroatoms. The minimum absolute atomic E-state index is 0.155. The van der Waals surface area contributed by atoms with E-state index in [1.54, 1.807) is 20.3 Å². The molecule has 0 heterocycles. The van der Waals surface area contributed by atoms with Crippen LogP contribution in [0.5, 0.6) is 11.5 Å². The molecule has 1 atom stereocenters. The van der Waals surface area contributed by atoms with Crippen molar-refractivity contribution in [3.63, 3.8) is 0 Å². The van der Waals surface area contributed by atoms with Crippen LogP contribution in [0.2, 0.25) is 0 Å². The van der Waals surface area contributed by atoms with Gasteiger partial charge < -0.3 is 25.3 Å². The van der Waals surface area contributed by atoms with Gasteiger partial charge in [0, 0.05) is 25.4 Å². The Morgan fingerprint density at radius 1 is 1.25 bits per heavy atom. The predicted molar refractivity (Wildman–Crippen MR) is 77.4 cm³/mol. The van der Waals surface area contributed by atoms with E-state index in [-0.39, 0.29) is 18.4 Å². The number of methoxy groups -OCH3 is 3. The first-order valence-electron chi connectivity index (χ1n) is 6.31. The highest BCUT2D eigenvalue weighted by molar-refractivity contribution is 5.92. The summed E-state index contributed by atoms with van der Waals surface area (Å²) in [6.07, 6.45) is -0.0729. The van der Waals surface area contributed by atoms with E-state index in [4.69, 9.17) is 19.9 Å². The number of nitrogens with two attached hydrogens (primary N) is 1. The lowest BCUT2D eigenvalue weighted by Gasteiger charge is -2.15. The summed E-state index contributed by atoms with van der Waals surface area (Å²) in [6.45, 7) is 2.18. The van der Waals surface area contributed by atoms with Gasteiger partial charge in [0.05, 0.1) is 26.7 Å². The number of benzene rings is 1. The summed E-state index contributed by atoms with van der Waals surface area (Å²) in [5.74, 6) is 1.04. The molecule has 1 aromatic rings. The Balaban J connectivity index is 2.84. The molecule has 3 N–H and O–H groups in total. The number of nitrogens with one attached hydrogen (secondary N) is 1. The molecule has 1 aromatic carbocycles. The van der Waals surface area contributed by atoms with E-state index in [9.17, 15) is 4.79 Å². The summed E-state index contributed by atoms with van der Waals surface area (Å²) in [5.41, 5.74) is 7.06. The van der Waals surface area contributed by atoms with Crippen LogP contribution in [-0.2, 0) is 9.53 Å². The first kappa shape index (κ1) is 16.3. The number of ether oxygens (including phenoxy) is 3. The third-order valence-electron chi connectivity index (χ3n) is 3.01. The zero-order valence-electron chi connectivity index (χ0n) is 12.4. The van der Waals surface area contributed by atoms with Crippen molar-refractivity contribution in [1.29, 1.82) is 0 Å². The smallest absolute Gasteiger partial charge is 0.227 e. The number of hydrogen-bond donors (Lipinski definition) is 2. The van der Waals surface area contributed by atoms with Crippen LogP contribution in [0, 0.1) is 6.92 Å². The van der Waals surface area contributed by atoms with Crippen LogP contribution in [0.15, 0.2) is 12.1 Å². The molecule has 112 valence electrons. The van der Waals surface area contributed by atoms with E-state index >= 15 is 0 Å². The lowest BCUT2D eigenvalue weighted by molar-refractivity contribution is -0.118. The molecule has 0 aliphatic rings. The van der Waals surface area contributed by atoms with Crippen molar-refractivity contribution >= 4 is 11.6 Å². The predicted octanol–water partition coefficient (Wildman–Crippen LogP) is 1.31. The second kappa shape index (κ2) is 7.72. The third-order valence-corrected chi connectivity index (χ3v) is 3.01. The molecule has 0 aliphatic heterocycles. The second-order valence-corrected chi connectivity index (χ2v) is 4.37. The van der Waals surface area contributed by atoms with E-state index in [0.29, 0.717) is 23.7 Å². The van der Waals surface area contributed by atoms with Crippen LogP contribution in [0.4, 0.5) is 5.69 Å². The van der Waals surface area contributed by atoms with E-state index in [0.717, 1.165) is 5.56 Å². The van der Waals surface area contributed by atoms with Gasteiger partial charge in [-0.25, -0.2) is 0 Å². The molecule has 0 bridgehead atoms. The van der Waals surface area contributed by atoms with Crippen LogP contribution in [0.1, 0.15) is 12.0 Å². The Morgan fingerprint density at radius 3 is 2.35 bits per heavy atom. The fourth-order valence-corrected chi connectivity index (χ4v) is 1.79. The number of anilines is 1. The second-order valence-electron chi connectivity index (χ2n) is 4.37. The average molecular weight is 282 g/mol. The van der Waals surface area contributed by atoms with Gasteiger partial charge in [0.1, 0.15) is 0 Å². The SMILES string of the molecule is COc1cc(C)c(NC(=O)CC(CN)OC)cc1OC. The summed E-state index contributed by atoms with van der Waals surface area (Å²) in [6, 6.07) is 3.54. The largest absolute Gasteiger partial charge is 0.493 e. The molecule has 6 nitrogen and oxygen atoms in total. The van der Waals surface area contributed by atoms with Crippen molar-refractivity contribution in [2.75, 3.05) is 33.2 Å². The van der Waals surface area contributed by atoms with Crippen LogP contribution in [-0.4, -0.2) is 39.9 Å². The molecule has 0 aromatic heterocycles. The van der Waals surface area contributed by atoms with Crippen molar-refractivity contribution in [3.05, 3.63) is 17.7 Å². The molecule has 0 fully saturated rings. The van der Waals surface area contributed by atoms with Crippen LogP contribution < -0.4 is 20.5 Å². The van der Waals surface area contributed by atoms with E-state index < -0.39 is 0 Å². The molecule has 0 saturated heterocycles. The molecular weight excluding hydrogens is 260 g/mol. The topological polar surface area (TPSA) is 82.8 Å². The van der Waals surface area contributed by atoms with Crippen LogP contribution in [0.25, 0.3) is 0 Å². The Hall–Kier alpha value is -1.79. The molecule has 0 spiro atoms. The van der Waals surface area contributed by atoms with Crippen molar-refractivity contribution in [2.24, 2.45) is 5.73 Å². The van der Waals surface area contributed by atoms with Gasteiger partial charge in [0.2, 0.25) is 5.91 Å². The average Bonchev–Trinajstić information content (AvgIpc) is 2.46. The third kappa shape index (κ3) is 4.11. The first-order valence-corrected chi connectivity index (χ1v) is 6.31. The molecular formula is C14H22N2O4. The van der Waals surface area contributed by atoms with E-state index in [1.807, 2.05) is 13.0 Å². The summed E-state index contributed by atoms with van der Waals surface area (Å²) < 4.78 is 15.5. The van der Waals surface area contributed by atoms with Crippen LogP contribution >= 0.6 is 0 Å². The highest BCUT2D eigenvalue weighted by Crippen LogP contribution is 2.32. The van der Waals surface area contributed by atoms with Gasteiger partial charge in [-0.15, -0.1) is 0 Å². The lowest BCUT2D eigenvalue weighted by Crippen LogP contribution is -2.28. The van der Waals surface area contributed by atoms with Gasteiger partial charge in [0.25, 0.3) is 0 Å². The van der Waals surface area contributed by atoms with Crippen molar-refractivity contribution in [3.8, 4) is 11.5 Å². The summed E-state index contributed by atoms with van der Waals surface area (Å²) >= 11 is 0. The molecule has 0 radical (unpaired) electrons. The number of rotatable bonds is 7. The van der Waals surface area contributed by atoms with Gasteiger partial charge >= 0.3 is 0 Å². The zero-order chi connectivity index (χ0) is 15.1. The lowest BCUT2D eigenvalue weighted by atomic mass is 10.1. The van der Waals surface area contributed by atoms with Gasteiger partial charge in [0.15, 0.2) is 11.5 Å².